The molecule has 2 aromatic carbocycles. The molecule has 2 aromatic rings. The van der Waals surface area contributed by atoms with E-state index in [0.29, 0.717) is 0 Å². The molecule has 0 unspecified atom stereocenters. The number of nitrogens with one attached hydrogen (secondary N) is 1. The van der Waals surface area contributed by atoms with Crippen molar-refractivity contribution in [1.29, 1.82) is 0 Å². The maximum absolute atomic E-state index is 13.6. The van der Waals surface area contributed by atoms with Crippen LogP contribution in [0.1, 0.15) is 28.9 Å². The number of hydrogen-bond acceptors (Lipinski definition) is 3. The van der Waals surface area contributed by atoms with E-state index >= 15 is 0 Å². The first-order valence-corrected chi connectivity index (χ1v) is 8.92. The minimum absolute atomic E-state index is 0.0649. The molecule has 2 rings (SSSR count). The zero-order chi connectivity index (χ0) is 18.1. The van der Waals surface area contributed by atoms with Gasteiger partial charge in [-0.3, -0.25) is 4.79 Å². The third-order valence-electron chi connectivity index (χ3n) is 3.29. The number of primary amides is 1. The second kappa shape index (κ2) is 7.06. The number of halogens is 3. The van der Waals surface area contributed by atoms with Crippen LogP contribution in [-0.4, -0.2) is 14.3 Å². The number of carbonyl (C=O) groups excluding carboxylic acids is 1. The van der Waals surface area contributed by atoms with E-state index in [4.69, 9.17) is 28.9 Å². The summed E-state index contributed by atoms with van der Waals surface area (Å²) in [5.41, 5.74) is 5.54. The molecule has 0 radical (unpaired) electrons. The van der Waals surface area contributed by atoms with E-state index in [1.54, 1.807) is 0 Å². The summed E-state index contributed by atoms with van der Waals surface area (Å²) in [6, 6.07) is 6.59. The number of carbonyl (C=O) groups is 1. The Hall–Kier alpha value is -1.67. The van der Waals surface area contributed by atoms with Gasteiger partial charge in [0.25, 0.3) is 0 Å². The lowest BCUT2D eigenvalue weighted by Gasteiger charge is -2.16. The topological polar surface area (TPSA) is 89.3 Å². The van der Waals surface area contributed by atoms with Crippen molar-refractivity contribution in [3.63, 3.8) is 0 Å². The number of hydrogen-bond donors (Lipinski definition) is 2. The lowest BCUT2D eigenvalue weighted by molar-refractivity contribution is 0.1000. The number of benzene rings is 2. The van der Waals surface area contributed by atoms with Crippen molar-refractivity contribution < 1.29 is 17.6 Å². The summed E-state index contributed by atoms with van der Waals surface area (Å²) < 4.78 is 40.7. The lowest BCUT2D eigenvalue weighted by atomic mass is 10.1. The van der Waals surface area contributed by atoms with Crippen molar-refractivity contribution in [2.24, 2.45) is 5.73 Å². The van der Waals surface area contributed by atoms with Crippen molar-refractivity contribution in [2.75, 3.05) is 0 Å². The second-order valence-electron chi connectivity index (χ2n) is 5.02. The van der Waals surface area contributed by atoms with Crippen LogP contribution in [0.15, 0.2) is 41.3 Å². The Bertz CT molecular complexity index is 886. The van der Waals surface area contributed by atoms with Crippen molar-refractivity contribution in [2.45, 2.75) is 17.9 Å². The lowest BCUT2D eigenvalue weighted by Crippen LogP contribution is -2.27. The van der Waals surface area contributed by atoms with Gasteiger partial charge in [0.05, 0.1) is 9.92 Å². The number of sulfonamides is 1. The molecule has 5 nitrogen and oxygen atoms in total. The Morgan fingerprint density at radius 2 is 1.75 bits per heavy atom. The monoisotopic (exact) mass is 390 g/mol. The predicted octanol–water partition coefficient (Wildman–Crippen LogP) is 3.27. The average Bonchev–Trinajstić information content (AvgIpc) is 2.50. The molecule has 3 N–H and O–H groups in total. The largest absolute Gasteiger partial charge is 0.366 e. The van der Waals surface area contributed by atoms with Gasteiger partial charge >= 0.3 is 0 Å². The van der Waals surface area contributed by atoms with E-state index < -0.39 is 27.8 Å². The molecule has 0 heterocycles. The molecule has 128 valence electrons. The highest BCUT2D eigenvalue weighted by atomic mass is 35.5. The number of amides is 1. The molecule has 0 aromatic heterocycles. The fourth-order valence-electron chi connectivity index (χ4n) is 2.03. The van der Waals surface area contributed by atoms with Gasteiger partial charge in [-0.2, -0.15) is 0 Å². The Balaban J connectivity index is 2.28. The molecule has 0 saturated carbocycles. The summed E-state index contributed by atoms with van der Waals surface area (Å²) in [5, 5.41) is -0.0125. The van der Waals surface area contributed by atoms with Crippen LogP contribution in [0, 0.1) is 5.82 Å². The highest BCUT2D eigenvalue weighted by molar-refractivity contribution is 7.89. The van der Waals surface area contributed by atoms with Crippen LogP contribution < -0.4 is 10.5 Å². The molecule has 0 aliphatic carbocycles. The molecule has 0 aliphatic rings. The minimum atomic E-state index is -3.91. The highest BCUT2D eigenvalue weighted by Gasteiger charge is 2.21. The van der Waals surface area contributed by atoms with Crippen LogP contribution in [0.4, 0.5) is 4.39 Å². The minimum Gasteiger partial charge on any atom is -0.366 e. The molecule has 24 heavy (non-hydrogen) atoms. The van der Waals surface area contributed by atoms with Crippen molar-refractivity contribution in [1.82, 2.24) is 4.72 Å². The Morgan fingerprint density at radius 1 is 1.17 bits per heavy atom. The van der Waals surface area contributed by atoms with Gasteiger partial charge in [-0.25, -0.2) is 17.5 Å². The van der Waals surface area contributed by atoms with E-state index in [9.17, 15) is 17.6 Å². The molecule has 0 spiro atoms. The molecule has 1 atom stereocenters. The average molecular weight is 391 g/mol. The molecular weight excluding hydrogens is 378 g/mol. The molecule has 0 bridgehead atoms. The van der Waals surface area contributed by atoms with Crippen molar-refractivity contribution in [3.05, 3.63) is 63.4 Å². The van der Waals surface area contributed by atoms with Crippen LogP contribution in [0.25, 0.3) is 0 Å². The van der Waals surface area contributed by atoms with Gasteiger partial charge in [-0.05, 0) is 48.9 Å². The van der Waals surface area contributed by atoms with E-state index in [1.807, 2.05) is 0 Å². The van der Waals surface area contributed by atoms with Gasteiger partial charge in [-0.15, -0.1) is 0 Å². The third-order valence-corrected chi connectivity index (χ3v) is 5.46. The van der Waals surface area contributed by atoms with Crippen LogP contribution in [0.5, 0.6) is 0 Å². The summed E-state index contributed by atoms with van der Waals surface area (Å²) in [5.74, 6) is -1.36. The molecule has 0 aliphatic heterocycles. The third kappa shape index (κ3) is 4.05. The van der Waals surface area contributed by atoms with Crippen LogP contribution in [-0.2, 0) is 10.0 Å². The normalized spacial score (nSPS) is 12.8. The molecule has 1 amide bonds. The molecular formula is C15H13Cl2FN2O3S. The quantitative estimate of drug-likeness (QED) is 0.767. The van der Waals surface area contributed by atoms with Gasteiger partial charge < -0.3 is 5.73 Å². The summed E-state index contributed by atoms with van der Waals surface area (Å²) >= 11 is 11.6. The first kappa shape index (κ1) is 18.7. The first-order valence-electron chi connectivity index (χ1n) is 6.68. The van der Waals surface area contributed by atoms with Gasteiger partial charge in [0.1, 0.15) is 5.82 Å². The second-order valence-corrected chi connectivity index (χ2v) is 7.55. The van der Waals surface area contributed by atoms with Gasteiger partial charge in [0.2, 0.25) is 15.9 Å². The van der Waals surface area contributed by atoms with E-state index in [2.05, 4.69) is 4.72 Å². The maximum atomic E-state index is 13.6. The Morgan fingerprint density at radius 3 is 2.29 bits per heavy atom. The van der Waals surface area contributed by atoms with E-state index in [0.717, 1.165) is 6.07 Å². The number of rotatable bonds is 5. The van der Waals surface area contributed by atoms with E-state index in [1.165, 1.54) is 37.3 Å². The van der Waals surface area contributed by atoms with Gasteiger partial charge in [0.15, 0.2) is 0 Å². The van der Waals surface area contributed by atoms with Crippen LogP contribution in [0.3, 0.4) is 0 Å². The van der Waals surface area contributed by atoms with Gasteiger partial charge in [-0.1, -0.05) is 23.2 Å². The summed E-state index contributed by atoms with van der Waals surface area (Å²) in [4.78, 5) is 11.0. The standard InChI is InChI=1S/C15H13Cl2FN2O3S/c1-8(11-6-14(18)13(17)7-12(11)16)20-24(22,23)10-4-2-9(3-5-10)15(19)21/h2-8,20H,1H3,(H2,19,21)/t8-/m1/s1. The fraction of sp³-hybridized carbons (Fsp3) is 0.133. The molecule has 9 heteroatoms. The van der Waals surface area contributed by atoms with Crippen molar-refractivity contribution in [3.8, 4) is 0 Å². The van der Waals surface area contributed by atoms with Crippen molar-refractivity contribution >= 4 is 39.1 Å². The van der Waals surface area contributed by atoms with E-state index in [-0.39, 0.29) is 26.1 Å². The first-order chi connectivity index (χ1) is 11.1. The predicted molar refractivity (Wildman–Crippen MR) is 90.1 cm³/mol. The SMILES string of the molecule is C[C@@H](NS(=O)(=O)c1ccc(C(N)=O)cc1)c1cc(F)c(Cl)cc1Cl. The Labute approximate surface area is 148 Å². The Kier molecular flexibility index (Phi) is 5.49. The fourth-order valence-corrected chi connectivity index (χ4v) is 3.80. The van der Waals surface area contributed by atoms with Crippen LogP contribution >= 0.6 is 23.2 Å². The summed E-state index contributed by atoms with van der Waals surface area (Å²) in [7, 11) is -3.91. The highest BCUT2D eigenvalue weighted by Crippen LogP contribution is 2.29. The van der Waals surface area contributed by atoms with Crippen LogP contribution in [0.2, 0.25) is 10.0 Å². The number of nitrogens with two attached hydrogens (primary N) is 1. The summed E-state index contributed by atoms with van der Waals surface area (Å²) in [6.07, 6.45) is 0. The zero-order valence-electron chi connectivity index (χ0n) is 12.4. The molecule has 0 saturated heterocycles. The smallest absolute Gasteiger partial charge is 0.248 e. The summed E-state index contributed by atoms with van der Waals surface area (Å²) in [6.45, 7) is 1.52. The molecule has 0 fully saturated rings. The van der Waals surface area contributed by atoms with Gasteiger partial charge in [0, 0.05) is 16.6 Å². The zero-order valence-corrected chi connectivity index (χ0v) is 14.7. The maximum Gasteiger partial charge on any atom is 0.248 e.